The average molecular weight is 261 g/mol. The Bertz CT molecular complexity index is 424. The second-order valence-electron chi connectivity index (χ2n) is 5.43. The molecule has 2 fully saturated rings. The molecule has 0 aromatic carbocycles. The second-order valence-corrected chi connectivity index (χ2v) is 5.43. The summed E-state index contributed by atoms with van der Waals surface area (Å²) in [5, 5.41) is 3.36. The van der Waals surface area contributed by atoms with Gasteiger partial charge in [-0.3, -0.25) is 0 Å². The first-order chi connectivity index (χ1) is 9.38. The Kier molecular flexibility index (Phi) is 3.87. The topological polar surface area (TPSA) is 37.4 Å². The monoisotopic (exact) mass is 261 g/mol. The van der Waals surface area contributed by atoms with E-state index in [4.69, 9.17) is 4.74 Å². The van der Waals surface area contributed by atoms with Crippen molar-refractivity contribution in [3.63, 3.8) is 0 Å². The molecule has 1 aromatic rings. The van der Waals surface area contributed by atoms with Crippen LogP contribution in [0.25, 0.3) is 0 Å². The van der Waals surface area contributed by atoms with Crippen LogP contribution in [-0.4, -0.2) is 36.8 Å². The van der Waals surface area contributed by atoms with Gasteiger partial charge in [-0.1, -0.05) is 6.92 Å². The average Bonchev–Trinajstić information content (AvgIpc) is 2.93. The Hall–Kier alpha value is -1.29. The van der Waals surface area contributed by atoms with Gasteiger partial charge in [-0.2, -0.15) is 0 Å². The molecule has 1 N–H and O–H groups in total. The van der Waals surface area contributed by atoms with Crippen LogP contribution in [0.1, 0.15) is 32.6 Å². The molecular formula is C15H23N3O. The third-order valence-electron chi connectivity index (χ3n) is 4.11. The number of pyridine rings is 1. The summed E-state index contributed by atoms with van der Waals surface area (Å²) in [5.41, 5.74) is 1.29. The van der Waals surface area contributed by atoms with Crippen molar-refractivity contribution in [2.45, 2.75) is 44.8 Å². The molecule has 2 heterocycles. The van der Waals surface area contributed by atoms with Gasteiger partial charge in [-0.05, 0) is 31.7 Å². The van der Waals surface area contributed by atoms with Crippen LogP contribution in [0, 0.1) is 0 Å². The van der Waals surface area contributed by atoms with Crippen molar-refractivity contribution in [1.29, 1.82) is 0 Å². The molecule has 4 nitrogen and oxygen atoms in total. The summed E-state index contributed by atoms with van der Waals surface area (Å²) in [6.45, 7) is 4.99. The lowest BCUT2D eigenvalue weighted by atomic mass is 10.1. The summed E-state index contributed by atoms with van der Waals surface area (Å²) in [6, 6.07) is 4.86. The number of rotatable bonds is 4. The van der Waals surface area contributed by atoms with Crippen molar-refractivity contribution < 1.29 is 4.74 Å². The molecule has 0 amide bonds. The number of nitrogens with zero attached hydrogens (tertiary/aromatic N) is 2. The zero-order valence-corrected chi connectivity index (χ0v) is 11.6. The first-order valence-electron chi connectivity index (χ1n) is 7.46. The van der Waals surface area contributed by atoms with Crippen LogP contribution in [0.15, 0.2) is 18.3 Å². The SMILES string of the molecule is CCCNc1cc(N2CCOC3CCCC32)ccn1. The molecular weight excluding hydrogens is 238 g/mol. The van der Waals surface area contributed by atoms with E-state index in [2.05, 4.69) is 34.3 Å². The van der Waals surface area contributed by atoms with E-state index >= 15 is 0 Å². The van der Waals surface area contributed by atoms with Gasteiger partial charge >= 0.3 is 0 Å². The molecule has 1 aliphatic carbocycles. The molecule has 104 valence electrons. The van der Waals surface area contributed by atoms with Gasteiger partial charge in [-0.15, -0.1) is 0 Å². The van der Waals surface area contributed by atoms with Gasteiger partial charge < -0.3 is 15.0 Å². The van der Waals surface area contributed by atoms with Crippen LogP contribution < -0.4 is 10.2 Å². The highest BCUT2D eigenvalue weighted by Crippen LogP contribution is 2.33. The lowest BCUT2D eigenvalue weighted by Crippen LogP contribution is -2.48. The molecule has 4 heteroatoms. The number of anilines is 2. The van der Waals surface area contributed by atoms with E-state index in [1.807, 2.05) is 6.20 Å². The number of nitrogens with one attached hydrogen (secondary N) is 1. The summed E-state index contributed by atoms with van der Waals surface area (Å²) in [4.78, 5) is 6.90. The third kappa shape index (κ3) is 2.68. The molecule has 1 saturated heterocycles. The van der Waals surface area contributed by atoms with Crippen LogP contribution in [0.5, 0.6) is 0 Å². The van der Waals surface area contributed by atoms with Crippen LogP contribution in [-0.2, 0) is 4.74 Å². The maximum atomic E-state index is 5.88. The maximum Gasteiger partial charge on any atom is 0.127 e. The zero-order valence-electron chi connectivity index (χ0n) is 11.6. The van der Waals surface area contributed by atoms with Gasteiger partial charge in [0.1, 0.15) is 5.82 Å². The Morgan fingerprint density at radius 1 is 1.47 bits per heavy atom. The molecule has 0 radical (unpaired) electrons. The van der Waals surface area contributed by atoms with Gasteiger partial charge in [0.15, 0.2) is 0 Å². The zero-order chi connectivity index (χ0) is 13.1. The minimum atomic E-state index is 0.439. The van der Waals surface area contributed by atoms with Crippen LogP contribution in [0.2, 0.25) is 0 Å². The minimum Gasteiger partial charge on any atom is -0.374 e. The lowest BCUT2D eigenvalue weighted by molar-refractivity contribution is 0.0256. The van der Waals surface area contributed by atoms with Crippen molar-refractivity contribution in [1.82, 2.24) is 4.98 Å². The van der Waals surface area contributed by atoms with Crippen LogP contribution in [0.3, 0.4) is 0 Å². The van der Waals surface area contributed by atoms with Crippen molar-refractivity contribution >= 4 is 11.5 Å². The number of aromatic nitrogens is 1. The van der Waals surface area contributed by atoms with E-state index in [1.165, 1.54) is 24.9 Å². The molecule has 0 bridgehead atoms. The van der Waals surface area contributed by atoms with Crippen molar-refractivity contribution in [2.75, 3.05) is 29.9 Å². The summed E-state index contributed by atoms with van der Waals surface area (Å²) < 4.78 is 5.88. The van der Waals surface area contributed by atoms with Crippen LogP contribution in [0.4, 0.5) is 11.5 Å². The quantitative estimate of drug-likeness (QED) is 0.904. The summed E-state index contributed by atoms with van der Waals surface area (Å²) in [5.74, 6) is 0.986. The first kappa shape index (κ1) is 12.7. The predicted molar refractivity (Wildman–Crippen MR) is 77.7 cm³/mol. The highest BCUT2D eigenvalue weighted by atomic mass is 16.5. The molecule has 2 atom stereocenters. The fourth-order valence-electron chi connectivity index (χ4n) is 3.19. The standard InChI is InChI=1S/C15H23N3O/c1-2-7-16-15-11-12(6-8-17-15)18-9-10-19-14-5-3-4-13(14)18/h6,8,11,13-14H,2-5,7,9-10H2,1H3,(H,16,17). The summed E-state index contributed by atoms with van der Waals surface area (Å²) in [7, 11) is 0. The molecule has 2 aliphatic rings. The Morgan fingerprint density at radius 2 is 2.42 bits per heavy atom. The molecule has 2 unspecified atom stereocenters. The van der Waals surface area contributed by atoms with E-state index in [0.29, 0.717) is 12.1 Å². The molecule has 3 rings (SSSR count). The molecule has 1 aliphatic heterocycles. The molecule has 1 aromatic heterocycles. The number of ether oxygens (including phenoxy) is 1. The number of hydrogen-bond donors (Lipinski definition) is 1. The predicted octanol–water partition coefficient (Wildman–Crippen LogP) is 2.66. The fourth-order valence-corrected chi connectivity index (χ4v) is 3.19. The minimum absolute atomic E-state index is 0.439. The van der Waals surface area contributed by atoms with Gasteiger partial charge in [0.05, 0.1) is 18.8 Å². The van der Waals surface area contributed by atoms with Crippen molar-refractivity contribution in [3.8, 4) is 0 Å². The van der Waals surface area contributed by atoms with Gasteiger partial charge in [0.2, 0.25) is 0 Å². The molecule has 0 spiro atoms. The van der Waals surface area contributed by atoms with E-state index in [-0.39, 0.29) is 0 Å². The lowest BCUT2D eigenvalue weighted by Gasteiger charge is -2.39. The van der Waals surface area contributed by atoms with Crippen molar-refractivity contribution in [2.24, 2.45) is 0 Å². The van der Waals surface area contributed by atoms with Gasteiger partial charge in [0.25, 0.3) is 0 Å². The molecule has 1 saturated carbocycles. The third-order valence-corrected chi connectivity index (χ3v) is 4.11. The highest BCUT2D eigenvalue weighted by molar-refractivity contribution is 5.55. The fraction of sp³-hybridized carbons (Fsp3) is 0.667. The van der Waals surface area contributed by atoms with E-state index < -0.39 is 0 Å². The van der Waals surface area contributed by atoms with E-state index in [0.717, 1.165) is 31.9 Å². The first-order valence-corrected chi connectivity index (χ1v) is 7.46. The number of morpholine rings is 1. The van der Waals surface area contributed by atoms with Gasteiger partial charge in [-0.25, -0.2) is 4.98 Å². The van der Waals surface area contributed by atoms with E-state index in [9.17, 15) is 0 Å². The largest absolute Gasteiger partial charge is 0.374 e. The normalized spacial score (nSPS) is 26.3. The number of fused-ring (bicyclic) bond motifs is 1. The smallest absolute Gasteiger partial charge is 0.127 e. The van der Waals surface area contributed by atoms with Crippen LogP contribution >= 0.6 is 0 Å². The van der Waals surface area contributed by atoms with Crippen molar-refractivity contribution in [3.05, 3.63) is 18.3 Å². The van der Waals surface area contributed by atoms with Gasteiger partial charge in [0, 0.05) is 31.0 Å². The second kappa shape index (κ2) is 5.78. The summed E-state index contributed by atoms with van der Waals surface area (Å²) >= 11 is 0. The number of hydrogen-bond acceptors (Lipinski definition) is 4. The molecule has 19 heavy (non-hydrogen) atoms. The Labute approximate surface area is 115 Å². The highest BCUT2D eigenvalue weighted by Gasteiger charge is 2.36. The maximum absolute atomic E-state index is 5.88. The Morgan fingerprint density at radius 3 is 3.32 bits per heavy atom. The summed E-state index contributed by atoms with van der Waals surface area (Å²) in [6.07, 6.45) is 7.23. The Balaban J connectivity index is 1.76. The van der Waals surface area contributed by atoms with E-state index in [1.54, 1.807) is 0 Å².